The van der Waals surface area contributed by atoms with Crippen molar-refractivity contribution in [1.82, 2.24) is 10.2 Å². The standard InChI is InChI=1S/C15H22N2O3S.ClH/c1-11-6-7-13(21(3,19)20)9-14(11)15(18)17-8-4-5-12(10-17)16-2;/h6-7,9,12,16H,4-5,8,10H2,1-3H3;1H. The Morgan fingerprint density at radius 2 is 2.05 bits per heavy atom. The van der Waals surface area contributed by atoms with E-state index >= 15 is 0 Å². The van der Waals surface area contributed by atoms with Crippen molar-refractivity contribution in [3.05, 3.63) is 29.3 Å². The van der Waals surface area contributed by atoms with Gasteiger partial charge in [-0.25, -0.2) is 8.42 Å². The van der Waals surface area contributed by atoms with Crippen molar-refractivity contribution in [3.63, 3.8) is 0 Å². The molecule has 5 nitrogen and oxygen atoms in total. The van der Waals surface area contributed by atoms with Gasteiger partial charge in [0.05, 0.1) is 4.90 Å². The maximum atomic E-state index is 12.7. The molecule has 1 fully saturated rings. The molecule has 0 aliphatic carbocycles. The van der Waals surface area contributed by atoms with Gasteiger partial charge in [-0.15, -0.1) is 12.4 Å². The minimum absolute atomic E-state index is 0. The molecule has 1 N–H and O–H groups in total. The average Bonchev–Trinajstić information content (AvgIpc) is 2.46. The number of amides is 1. The molecule has 1 heterocycles. The zero-order valence-corrected chi connectivity index (χ0v) is 14.8. The quantitative estimate of drug-likeness (QED) is 0.903. The molecule has 1 atom stereocenters. The second kappa shape index (κ2) is 7.44. The van der Waals surface area contributed by atoms with Crippen LogP contribution in [-0.4, -0.2) is 51.7 Å². The second-order valence-corrected chi connectivity index (χ2v) is 7.64. The van der Waals surface area contributed by atoms with E-state index in [4.69, 9.17) is 0 Å². The van der Waals surface area contributed by atoms with E-state index in [0.29, 0.717) is 18.2 Å². The topological polar surface area (TPSA) is 66.5 Å². The van der Waals surface area contributed by atoms with Crippen molar-refractivity contribution < 1.29 is 13.2 Å². The molecule has 124 valence electrons. The smallest absolute Gasteiger partial charge is 0.254 e. The van der Waals surface area contributed by atoms with Crippen LogP contribution in [0, 0.1) is 6.92 Å². The third kappa shape index (κ3) is 4.21. The number of hydrogen-bond donors (Lipinski definition) is 1. The van der Waals surface area contributed by atoms with Crippen molar-refractivity contribution in [2.75, 3.05) is 26.4 Å². The molecule has 1 unspecified atom stereocenters. The van der Waals surface area contributed by atoms with E-state index in [1.54, 1.807) is 17.0 Å². The second-order valence-electron chi connectivity index (χ2n) is 5.63. The number of benzene rings is 1. The highest BCUT2D eigenvalue weighted by molar-refractivity contribution is 7.90. The maximum absolute atomic E-state index is 12.7. The average molecular weight is 347 g/mol. The number of halogens is 1. The molecule has 1 saturated heterocycles. The molecule has 1 aromatic rings. The van der Waals surface area contributed by atoms with Gasteiger partial charge in [0.15, 0.2) is 9.84 Å². The zero-order chi connectivity index (χ0) is 15.6. The first-order chi connectivity index (χ1) is 9.82. The van der Waals surface area contributed by atoms with Crippen LogP contribution in [0.2, 0.25) is 0 Å². The van der Waals surface area contributed by atoms with Crippen LogP contribution in [0.4, 0.5) is 0 Å². The van der Waals surface area contributed by atoms with E-state index in [1.807, 2.05) is 14.0 Å². The molecule has 7 heteroatoms. The lowest BCUT2D eigenvalue weighted by Crippen LogP contribution is -2.47. The summed E-state index contributed by atoms with van der Waals surface area (Å²) in [5.41, 5.74) is 1.29. The highest BCUT2D eigenvalue weighted by atomic mass is 35.5. The predicted octanol–water partition coefficient (Wildman–Crippen LogP) is 1.64. The first-order valence-corrected chi connectivity index (χ1v) is 8.99. The molecule has 0 radical (unpaired) electrons. The Morgan fingerprint density at radius 1 is 1.36 bits per heavy atom. The molecule has 1 amide bonds. The molecular formula is C15H23ClN2O3S. The van der Waals surface area contributed by atoms with Crippen LogP contribution in [0.25, 0.3) is 0 Å². The van der Waals surface area contributed by atoms with Crippen LogP contribution >= 0.6 is 12.4 Å². The number of aryl methyl sites for hydroxylation is 1. The lowest BCUT2D eigenvalue weighted by atomic mass is 10.0. The van der Waals surface area contributed by atoms with Crippen molar-refractivity contribution in [2.45, 2.75) is 30.7 Å². The Kier molecular flexibility index (Phi) is 6.40. The van der Waals surface area contributed by atoms with E-state index in [0.717, 1.165) is 31.2 Å². The summed E-state index contributed by atoms with van der Waals surface area (Å²) in [6, 6.07) is 5.05. The highest BCUT2D eigenvalue weighted by Crippen LogP contribution is 2.19. The Morgan fingerprint density at radius 3 is 2.64 bits per heavy atom. The first-order valence-electron chi connectivity index (χ1n) is 7.10. The van der Waals surface area contributed by atoms with Crippen LogP contribution < -0.4 is 5.32 Å². The van der Waals surface area contributed by atoms with Crippen LogP contribution in [0.1, 0.15) is 28.8 Å². The summed E-state index contributed by atoms with van der Waals surface area (Å²) >= 11 is 0. The summed E-state index contributed by atoms with van der Waals surface area (Å²) < 4.78 is 23.3. The van der Waals surface area contributed by atoms with Crippen LogP contribution in [0.5, 0.6) is 0 Å². The number of likely N-dealkylation sites (tertiary alicyclic amines) is 1. The Hall–Kier alpha value is -1.11. The largest absolute Gasteiger partial charge is 0.337 e. The van der Waals surface area contributed by atoms with E-state index in [-0.39, 0.29) is 23.2 Å². The van der Waals surface area contributed by atoms with E-state index in [2.05, 4.69) is 5.32 Å². The number of likely N-dealkylation sites (N-methyl/N-ethyl adjacent to an activating group) is 1. The van der Waals surface area contributed by atoms with E-state index in [9.17, 15) is 13.2 Å². The summed E-state index contributed by atoms with van der Waals surface area (Å²) in [6.45, 7) is 3.22. The van der Waals surface area contributed by atoms with Crippen LogP contribution in [0.3, 0.4) is 0 Å². The zero-order valence-electron chi connectivity index (χ0n) is 13.1. The number of hydrogen-bond acceptors (Lipinski definition) is 4. The molecule has 22 heavy (non-hydrogen) atoms. The molecule has 2 rings (SSSR count). The van der Waals surface area contributed by atoms with Crippen molar-refractivity contribution in [2.24, 2.45) is 0 Å². The summed E-state index contributed by atoms with van der Waals surface area (Å²) in [4.78, 5) is 14.7. The van der Waals surface area contributed by atoms with Gasteiger partial charge in [0.2, 0.25) is 0 Å². The Balaban J connectivity index is 0.00000242. The van der Waals surface area contributed by atoms with E-state index < -0.39 is 9.84 Å². The fourth-order valence-electron chi connectivity index (χ4n) is 2.63. The molecule has 1 aliphatic rings. The third-order valence-electron chi connectivity index (χ3n) is 3.98. The van der Waals surface area contributed by atoms with Gasteiger partial charge in [-0.2, -0.15) is 0 Å². The third-order valence-corrected chi connectivity index (χ3v) is 5.09. The highest BCUT2D eigenvalue weighted by Gasteiger charge is 2.25. The normalized spacial score (nSPS) is 18.7. The summed E-state index contributed by atoms with van der Waals surface area (Å²) in [5.74, 6) is -0.0852. The molecule has 1 aromatic carbocycles. The monoisotopic (exact) mass is 346 g/mol. The van der Waals surface area contributed by atoms with Gasteiger partial charge < -0.3 is 10.2 Å². The number of carbonyl (C=O) groups is 1. The Labute approximate surface area is 138 Å². The Bertz CT molecular complexity index is 646. The van der Waals surface area contributed by atoms with Crippen LogP contribution in [0.15, 0.2) is 23.1 Å². The summed E-state index contributed by atoms with van der Waals surface area (Å²) in [5, 5.41) is 3.20. The number of carbonyl (C=O) groups excluding carboxylic acids is 1. The van der Waals surface area contributed by atoms with Gasteiger partial charge >= 0.3 is 0 Å². The summed E-state index contributed by atoms with van der Waals surface area (Å²) in [7, 11) is -1.41. The van der Waals surface area contributed by atoms with Crippen molar-refractivity contribution in [3.8, 4) is 0 Å². The molecule has 1 aliphatic heterocycles. The minimum atomic E-state index is -3.30. The number of sulfone groups is 1. The van der Waals surface area contributed by atoms with Gasteiger partial charge in [-0.3, -0.25) is 4.79 Å². The van der Waals surface area contributed by atoms with Crippen molar-refractivity contribution in [1.29, 1.82) is 0 Å². The number of rotatable bonds is 3. The number of nitrogens with one attached hydrogen (secondary N) is 1. The van der Waals surface area contributed by atoms with Gasteiger partial charge in [0.1, 0.15) is 0 Å². The van der Waals surface area contributed by atoms with Gasteiger partial charge in [0.25, 0.3) is 5.91 Å². The molecule has 0 spiro atoms. The maximum Gasteiger partial charge on any atom is 0.254 e. The molecular weight excluding hydrogens is 324 g/mol. The van der Waals surface area contributed by atoms with Crippen molar-refractivity contribution >= 4 is 28.2 Å². The lowest BCUT2D eigenvalue weighted by molar-refractivity contribution is 0.0697. The first kappa shape index (κ1) is 18.9. The van der Waals surface area contributed by atoms with E-state index in [1.165, 1.54) is 6.07 Å². The fourth-order valence-corrected chi connectivity index (χ4v) is 3.28. The minimum Gasteiger partial charge on any atom is -0.337 e. The molecule has 0 aromatic heterocycles. The van der Waals surface area contributed by atoms with Gasteiger partial charge in [0, 0.05) is 31.0 Å². The lowest BCUT2D eigenvalue weighted by Gasteiger charge is -2.33. The predicted molar refractivity (Wildman–Crippen MR) is 89.5 cm³/mol. The molecule has 0 bridgehead atoms. The van der Waals surface area contributed by atoms with Crippen LogP contribution in [-0.2, 0) is 9.84 Å². The van der Waals surface area contributed by atoms with Gasteiger partial charge in [-0.1, -0.05) is 6.07 Å². The molecule has 0 saturated carbocycles. The number of nitrogens with zero attached hydrogens (tertiary/aromatic N) is 1. The number of piperidine rings is 1. The SMILES string of the molecule is CNC1CCCN(C(=O)c2cc(S(C)(=O)=O)ccc2C)C1.Cl. The fraction of sp³-hybridized carbons (Fsp3) is 0.533. The van der Waals surface area contributed by atoms with Gasteiger partial charge in [-0.05, 0) is 44.5 Å². The summed E-state index contributed by atoms with van der Waals surface area (Å²) in [6.07, 6.45) is 3.18.